The molecule has 0 aliphatic carbocycles. The van der Waals surface area contributed by atoms with E-state index in [2.05, 4.69) is 16.3 Å². The molecule has 2 fully saturated rings. The third-order valence-electron chi connectivity index (χ3n) is 10.8. The van der Waals surface area contributed by atoms with Gasteiger partial charge < -0.3 is 39.5 Å². The Balaban J connectivity index is 1.06. The van der Waals surface area contributed by atoms with Gasteiger partial charge in [0.2, 0.25) is 6.41 Å². The molecule has 0 saturated carbocycles. The summed E-state index contributed by atoms with van der Waals surface area (Å²) in [7, 11) is 1.88. The van der Waals surface area contributed by atoms with Gasteiger partial charge in [-0.1, -0.05) is 48.5 Å². The Morgan fingerprint density at radius 1 is 0.857 bits per heavy atom. The Morgan fingerprint density at radius 2 is 1.50 bits per heavy atom. The molecule has 12 nitrogen and oxygen atoms in total. The minimum absolute atomic E-state index is 0.00529. The largest absolute Gasteiger partial charge is 0.507 e. The molecule has 1 atom stereocenters. The zero-order valence-electron chi connectivity index (χ0n) is 32.4. The lowest BCUT2D eigenvalue weighted by atomic mass is 10.0. The number of likely N-dealkylation sites (tertiary alicyclic amines) is 1. The lowest BCUT2D eigenvalue weighted by Gasteiger charge is -2.38. The van der Waals surface area contributed by atoms with Gasteiger partial charge in [-0.25, -0.2) is 9.59 Å². The number of phenolic OH excluding ortho intramolecular Hbond substituents is 1. The number of rotatable bonds is 13. The van der Waals surface area contributed by atoms with Gasteiger partial charge in [0.05, 0.1) is 5.56 Å². The Hall–Kier alpha value is -6.04. The second kappa shape index (κ2) is 18.5. The number of hydrogen-bond donors (Lipinski definition) is 2. The summed E-state index contributed by atoms with van der Waals surface area (Å²) < 4.78 is 11.5. The number of anilines is 2. The van der Waals surface area contributed by atoms with Gasteiger partial charge in [0, 0.05) is 76.7 Å². The third kappa shape index (κ3) is 9.79. The van der Waals surface area contributed by atoms with Crippen LogP contribution in [-0.4, -0.2) is 109 Å². The number of aryl methyl sites for hydroxylation is 2. The Kier molecular flexibility index (Phi) is 13.1. The zero-order valence-corrected chi connectivity index (χ0v) is 32.4. The molecule has 4 aromatic rings. The lowest BCUT2D eigenvalue weighted by molar-refractivity contribution is -0.141. The van der Waals surface area contributed by atoms with Crippen LogP contribution in [0.25, 0.3) is 0 Å². The number of esters is 1. The quantitative estimate of drug-likeness (QED) is 0.0982. The maximum absolute atomic E-state index is 14.1. The van der Waals surface area contributed by atoms with Crippen LogP contribution >= 0.6 is 0 Å². The number of piperazine rings is 1. The van der Waals surface area contributed by atoms with Crippen LogP contribution in [-0.2, 0) is 27.2 Å². The van der Waals surface area contributed by atoms with Crippen molar-refractivity contribution in [2.45, 2.75) is 51.7 Å². The first-order valence-corrected chi connectivity index (χ1v) is 19.3. The van der Waals surface area contributed by atoms with Crippen molar-refractivity contribution in [3.05, 3.63) is 119 Å². The van der Waals surface area contributed by atoms with Crippen LogP contribution in [0.5, 0.6) is 11.5 Å². The molecule has 2 aliphatic heterocycles. The predicted octanol–water partition coefficient (Wildman–Crippen LogP) is 5.83. The molecular weight excluding hydrogens is 711 g/mol. The number of benzene rings is 4. The smallest absolute Gasteiger partial charge is 0.410 e. The van der Waals surface area contributed by atoms with Gasteiger partial charge in [0.15, 0.2) is 6.10 Å². The molecule has 2 aliphatic rings. The number of amides is 3. The van der Waals surface area contributed by atoms with E-state index in [1.165, 1.54) is 0 Å². The number of carbonyl (C=O) groups is 4. The Bertz CT molecular complexity index is 1950. The van der Waals surface area contributed by atoms with E-state index in [9.17, 15) is 24.3 Å². The minimum atomic E-state index is -1.07. The van der Waals surface area contributed by atoms with Crippen LogP contribution in [0.2, 0.25) is 0 Å². The van der Waals surface area contributed by atoms with Crippen molar-refractivity contribution in [1.29, 1.82) is 0 Å². The van der Waals surface area contributed by atoms with Crippen LogP contribution in [0.1, 0.15) is 45.5 Å². The summed E-state index contributed by atoms with van der Waals surface area (Å²) in [5, 5.41) is 13.6. The first kappa shape index (κ1) is 39.6. The number of nitrogens with one attached hydrogen (secondary N) is 1. The van der Waals surface area contributed by atoms with Crippen molar-refractivity contribution in [2.75, 3.05) is 63.1 Å². The second-order valence-corrected chi connectivity index (χ2v) is 14.4. The molecule has 294 valence electrons. The summed E-state index contributed by atoms with van der Waals surface area (Å²) in [5.74, 6) is -0.0349. The Labute approximate surface area is 328 Å². The summed E-state index contributed by atoms with van der Waals surface area (Å²) in [4.78, 5) is 59.9. The van der Waals surface area contributed by atoms with E-state index >= 15 is 0 Å². The summed E-state index contributed by atoms with van der Waals surface area (Å²) in [6.45, 7) is 6.94. The Morgan fingerprint density at radius 3 is 2.14 bits per heavy atom. The zero-order chi connectivity index (χ0) is 39.6. The van der Waals surface area contributed by atoms with E-state index < -0.39 is 18.2 Å². The number of ether oxygens (including phenoxy) is 2. The summed E-state index contributed by atoms with van der Waals surface area (Å²) in [5.41, 5.74) is 5.68. The van der Waals surface area contributed by atoms with E-state index in [4.69, 9.17) is 9.47 Å². The molecule has 56 heavy (non-hydrogen) atoms. The van der Waals surface area contributed by atoms with Crippen molar-refractivity contribution in [2.24, 2.45) is 0 Å². The van der Waals surface area contributed by atoms with E-state index in [1.54, 1.807) is 60.0 Å². The fraction of sp³-hybridized carbons (Fsp3) is 0.364. The molecule has 6 rings (SSSR count). The molecule has 0 aromatic heterocycles. The lowest BCUT2D eigenvalue weighted by Crippen LogP contribution is -2.53. The average molecular weight is 762 g/mol. The number of nitrogens with zero attached hydrogens (tertiary/aromatic N) is 4. The molecule has 0 unspecified atom stereocenters. The SMILES string of the molecule is CNc1ccccc1CCN(C=O)C1CCN(C(=O)O[C@H](Cc2cc(C)c(O)c(C)c2)C(=O)N2CCN(c3ccc(C(=O)Oc4ccccc4)cc3)CC2)CC1. The fourth-order valence-electron chi connectivity index (χ4n) is 7.54. The highest BCUT2D eigenvalue weighted by Gasteiger charge is 2.34. The number of hydrogen-bond acceptors (Lipinski definition) is 9. The standard InChI is InChI=1S/C44H51N5O7/c1-31-27-33(28-32(2)41(31)51)29-40(56-44(54)48-21-18-37(19-22-48)49(30-50)20-17-34-9-7-8-12-39(34)45-3)42(52)47-25-23-46(24-26-47)36-15-13-35(14-16-36)43(53)55-38-10-5-4-6-11-38/h4-16,27-28,30,37,40,45,51H,17-26,29H2,1-3H3/t40-/m1/s1. The maximum Gasteiger partial charge on any atom is 0.410 e. The highest BCUT2D eigenvalue weighted by Crippen LogP contribution is 2.26. The van der Waals surface area contributed by atoms with Gasteiger partial charge in [-0.2, -0.15) is 0 Å². The van der Waals surface area contributed by atoms with Crippen molar-refractivity contribution >= 4 is 35.8 Å². The van der Waals surface area contributed by atoms with Crippen LogP contribution in [0.15, 0.2) is 91.0 Å². The number of carbonyl (C=O) groups excluding carboxylic acids is 4. The first-order chi connectivity index (χ1) is 27.1. The van der Waals surface area contributed by atoms with E-state index in [1.807, 2.05) is 60.5 Å². The number of piperidine rings is 1. The molecule has 0 spiro atoms. The van der Waals surface area contributed by atoms with E-state index in [0.29, 0.717) is 87.5 Å². The van der Waals surface area contributed by atoms with E-state index in [-0.39, 0.29) is 24.1 Å². The summed E-state index contributed by atoms with van der Waals surface area (Å²) >= 11 is 0. The topological polar surface area (TPSA) is 132 Å². The van der Waals surface area contributed by atoms with Gasteiger partial charge in [-0.05, 0) is 97.8 Å². The van der Waals surface area contributed by atoms with Gasteiger partial charge in [0.1, 0.15) is 11.5 Å². The number of aromatic hydroxyl groups is 1. The third-order valence-corrected chi connectivity index (χ3v) is 10.8. The maximum atomic E-state index is 14.1. The van der Waals surface area contributed by atoms with Crippen molar-refractivity contribution in [3.8, 4) is 11.5 Å². The van der Waals surface area contributed by atoms with E-state index in [0.717, 1.165) is 28.9 Å². The molecular formula is C44H51N5O7. The second-order valence-electron chi connectivity index (χ2n) is 14.4. The van der Waals surface area contributed by atoms with Crippen LogP contribution in [0.4, 0.5) is 16.2 Å². The first-order valence-electron chi connectivity index (χ1n) is 19.3. The summed E-state index contributed by atoms with van der Waals surface area (Å²) in [6, 6.07) is 27.8. The van der Waals surface area contributed by atoms with Crippen LogP contribution in [0.3, 0.4) is 0 Å². The highest BCUT2D eigenvalue weighted by atomic mass is 16.6. The molecule has 2 heterocycles. The van der Waals surface area contributed by atoms with Crippen LogP contribution in [0, 0.1) is 13.8 Å². The van der Waals surface area contributed by atoms with Gasteiger partial charge in [-0.3, -0.25) is 9.59 Å². The molecule has 2 N–H and O–H groups in total. The van der Waals surface area contributed by atoms with Gasteiger partial charge in [0.25, 0.3) is 5.91 Å². The summed E-state index contributed by atoms with van der Waals surface area (Å²) in [6.07, 6.45) is 1.36. The van der Waals surface area contributed by atoms with Gasteiger partial charge in [-0.15, -0.1) is 0 Å². The molecule has 12 heteroatoms. The monoisotopic (exact) mass is 761 g/mol. The minimum Gasteiger partial charge on any atom is -0.507 e. The average Bonchev–Trinajstić information content (AvgIpc) is 3.23. The highest BCUT2D eigenvalue weighted by molar-refractivity contribution is 5.91. The number of para-hydroxylation sites is 2. The molecule has 0 radical (unpaired) electrons. The van der Waals surface area contributed by atoms with Crippen LogP contribution < -0.4 is 15.0 Å². The van der Waals surface area contributed by atoms with Crippen molar-refractivity contribution < 1.29 is 33.8 Å². The van der Waals surface area contributed by atoms with Crippen molar-refractivity contribution in [3.63, 3.8) is 0 Å². The molecule has 4 aromatic carbocycles. The van der Waals surface area contributed by atoms with Crippen molar-refractivity contribution in [1.82, 2.24) is 14.7 Å². The number of phenols is 1. The normalized spacial score (nSPS) is 15.2. The van der Waals surface area contributed by atoms with Gasteiger partial charge >= 0.3 is 12.1 Å². The molecule has 2 saturated heterocycles. The molecule has 3 amide bonds. The predicted molar refractivity (Wildman–Crippen MR) is 215 cm³/mol. The fourth-order valence-corrected chi connectivity index (χ4v) is 7.54. The molecule has 0 bridgehead atoms.